The lowest BCUT2D eigenvalue weighted by molar-refractivity contribution is -0.194. The van der Waals surface area contributed by atoms with Crippen molar-refractivity contribution in [3.05, 3.63) is 29.3 Å². The molecule has 11 heteroatoms. The monoisotopic (exact) mass is 549 g/mol. The molecule has 206 valence electrons. The predicted octanol–water partition coefficient (Wildman–Crippen LogP) is 3.72. The topological polar surface area (TPSA) is 114 Å². The van der Waals surface area contributed by atoms with Crippen LogP contribution in [0.2, 0.25) is 5.02 Å². The summed E-state index contributed by atoms with van der Waals surface area (Å²) in [6.07, 6.45) is 1.04. The minimum atomic E-state index is -3.11. The van der Waals surface area contributed by atoms with E-state index in [1.54, 1.807) is 24.3 Å². The average molecular weight is 550 g/mol. The molecule has 0 unspecified atom stereocenters. The molecule has 38 heavy (non-hydrogen) atoms. The number of halogens is 3. The number of nitrogens with one attached hydrogen (secondary N) is 3. The number of amides is 3. The molecule has 0 radical (unpaired) electrons. The predicted molar refractivity (Wildman–Crippen MR) is 138 cm³/mol. The molecule has 0 spiro atoms. The van der Waals surface area contributed by atoms with Crippen molar-refractivity contribution in [2.24, 2.45) is 17.8 Å². The lowest BCUT2D eigenvalue weighted by Gasteiger charge is -2.54. The van der Waals surface area contributed by atoms with Crippen molar-refractivity contribution < 1.29 is 23.2 Å². The van der Waals surface area contributed by atoms with E-state index in [0.717, 1.165) is 0 Å². The third-order valence-electron chi connectivity index (χ3n) is 7.78. The molecule has 1 aromatic carbocycles. The van der Waals surface area contributed by atoms with E-state index < -0.39 is 60.2 Å². The van der Waals surface area contributed by atoms with Gasteiger partial charge in [0.15, 0.2) is 0 Å². The minimum Gasteiger partial charge on any atom is -0.374 e. The molecule has 1 aromatic rings. The van der Waals surface area contributed by atoms with E-state index in [1.165, 1.54) is 4.90 Å². The first-order valence-corrected chi connectivity index (χ1v) is 13.6. The summed E-state index contributed by atoms with van der Waals surface area (Å²) in [6, 6.07) is 4.89. The highest BCUT2D eigenvalue weighted by Crippen LogP contribution is 2.49. The van der Waals surface area contributed by atoms with Crippen LogP contribution in [0.4, 0.5) is 14.5 Å². The Hall–Kier alpha value is -2.93. The van der Waals surface area contributed by atoms with Gasteiger partial charge >= 0.3 is 0 Å². The maximum absolute atomic E-state index is 15.1. The van der Waals surface area contributed by atoms with Gasteiger partial charge in [0.25, 0.3) is 5.92 Å². The number of alkyl halides is 2. The van der Waals surface area contributed by atoms with Crippen LogP contribution < -0.4 is 16.0 Å². The first-order valence-electron chi connectivity index (χ1n) is 13.2. The quantitative estimate of drug-likeness (QED) is 0.434. The zero-order valence-electron chi connectivity index (χ0n) is 21.6. The van der Waals surface area contributed by atoms with Crippen molar-refractivity contribution in [1.82, 2.24) is 15.5 Å². The van der Waals surface area contributed by atoms with Crippen molar-refractivity contribution in [3.63, 3.8) is 0 Å². The lowest BCUT2D eigenvalue weighted by Crippen LogP contribution is -2.70. The highest BCUT2D eigenvalue weighted by molar-refractivity contribution is 6.30. The maximum Gasteiger partial charge on any atom is 0.255 e. The Morgan fingerprint density at radius 2 is 2.05 bits per heavy atom. The van der Waals surface area contributed by atoms with Crippen molar-refractivity contribution >= 4 is 35.0 Å². The van der Waals surface area contributed by atoms with Crippen LogP contribution in [-0.4, -0.2) is 59.3 Å². The number of benzene rings is 1. The van der Waals surface area contributed by atoms with Crippen LogP contribution >= 0.6 is 11.6 Å². The van der Waals surface area contributed by atoms with E-state index in [-0.39, 0.29) is 24.7 Å². The number of nitrogens with zero attached hydrogens (tertiary/aromatic N) is 2. The third-order valence-corrected chi connectivity index (χ3v) is 8.02. The summed E-state index contributed by atoms with van der Waals surface area (Å²) < 4.78 is 30.2. The van der Waals surface area contributed by atoms with E-state index in [4.69, 9.17) is 11.6 Å². The SMILES string of the molecule is CC(C)C[C@@H](Nc1cccc(Cl)c1)C(=O)N1[C@@H]2CC[C@H]([C@H]1C(=O)N[C@@H](C#N)C[C@@H]1CCNC1=O)C(F)(F)C2. The molecule has 3 N–H and O–H groups in total. The molecule has 1 saturated carbocycles. The second-order valence-corrected chi connectivity index (χ2v) is 11.5. The van der Waals surface area contributed by atoms with Crippen LogP contribution in [-0.2, 0) is 14.4 Å². The number of anilines is 1. The second kappa shape index (κ2) is 11.4. The Bertz CT molecular complexity index is 1110. The van der Waals surface area contributed by atoms with Crippen LogP contribution in [0.1, 0.15) is 52.4 Å². The molecule has 8 nitrogen and oxygen atoms in total. The van der Waals surface area contributed by atoms with Crippen LogP contribution in [0.5, 0.6) is 0 Å². The van der Waals surface area contributed by atoms with Crippen molar-refractivity contribution in [2.45, 2.75) is 82.5 Å². The fourth-order valence-electron chi connectivity index (χ4n) is 6.03. The molecule has 1 aliphatic carbocycles. The Labute approximate surface area is 226 Å². The third kappa shape index (κ3) is 6.04. The second-order valence-electron chi connectivity index (χ2n) is 11.0. The van der Waals surface area contributed by atoms with E-state index in [2.05, 4.69) is 16.0 Å². The molecule has 3 aliphatic heterocycles. The first-order chi connectivity index (χ1) is 18.0. The summed E-state index contributed by atoms with van der Waals surface area (Å²) in [5, 5.41) is 18.6. The fraction of sp³-hybridized carbons (Fsp3) is 0.630. The van der Waals surface area contributed by atoms with E-state index in [1.807, 2.05) is 19.9 Å². The smallest absolute Gasteiger partial charge is 0.255 e. The molecule has 4 fully saturated rings. The highest BCUT2D eigenvalue weighted by Gasteiger charge is 2.61. The molecule has 3 saturated heterocycles. The van der Waals surface area contributed by atoms with Gasteiger partial charge in [-0.1, -0.05) is 31.5 Å². The Morgan fingerprint density at radius 1 is 1.29 bits per heavy atom. The normalized spacial score (nSPS) is 27.4. The summed E-state index contributed by atoms with van der Waals surface area (Å²) in [6.45, 7) is 4.40. The zero-order valence-corrected chi connectivity index (χ0v) is 22.3. The zero-order chi connectivity index (χ0) is 27.6. The number of nitriles is 1. The summed E-state index contributed by atoms with van der Waals surface area (Å²) in [7, 11) is 0. The summed E-state index contributed by atoms with van der Waals surface area (Å²) in [5.41, 5.74) is 0.615. The number of hydrogen-bond donors (Lipinski definition) is 3. The van der Waals surface area contributed by atoms with Crippen molar-refractivity contribution in [1.29, 1.82) is 5.26 Å². The Kier molecular flexibility index (Phi) is 8.46. The summed E-state index contributed by atoms with van der Waals surface area (Å²) in [4.78, 5) is 40.9. The van der Waals surface area contributed by atoms with Crippen LogP contribution in [0.15, 0.2) is 24.3 Å². The Morgan fingerprint density at radius 3 is 2.66 bits per heavy atom. The fourth-order valence-corrected chi connectivity index (χ4v) is 6.22. The Balaban J connectivity index is 1.59. The van der Waals surface area contributed by atoms with E-state index in [9.17, 15) is 19.6 Å². The first kappa shape index (κ1) is 28.1. The maximum atomic E-state index is 15.1. The number of rotatable bonds is 9. The molecule has 0 aromatic heterocycles. The molecule has 3 amide bonds. The minimum absolute atomic E-state index is 0.0888. The number of piperidine rings is 2. The van der Waals surface area contributed by atoms with Crippen molar-refractivity contribution in [2.75, 3.05) is 11.9 Å². The van der Waals surface area contributed by atoms with E-state index in [0.29, 0.717) is 36.5 Å². The highest BCUT2D eigenvalue weighted by atomic mass is 35.5. The molecular weight excluding hydrogens is 516 g/mol. The standard InChI is InChI=1S/C27H34ClF2N5O3/c1-15(2)10-22(33-18-5-3-4-17(28)12-18)26(38)35-20-6-7-21(27(29,30)13-20)23(35)25(37)34-19(14-31)11-16-8-9-32-24(16)36/h3-5,12,15-16,19-23,33H,6-11,13H2,1-2H3,(H,32,36)(H,34,37)/t16-,19+,20+,21+,22+,23-/m0/s1. The van der Waals surface area contributed by atoms with Gasteiger partial charge in [0, 0.05) is 35.6 Å². The number of carbonyl (C=O) groups excluding carboxylic acids is 3. The number of carbonyl (C=O) groups is 3. The van der Waals surface area contributed by atoms with Gasteiger partial charge in [0.05, 0.1) is 12.0 Å². The van der Waals surface area contributed by atoms with Gasteiger partial charge in [0.1, 0.15) is 18.1 Å². The van der Waals surface area contributed by atoms with Crippen molar-refractivity contribution in [3.8, 4) is 6.07 Å². The summed E-state index contributed by atoms with van der Waals surface area (Å²) >= 11 is 6.12. The van der Waals surface area contributed by atoms with Gasteiger partial charge in [-0.2, -0.15) is 5.26 Å². The molecule has 6 atom stereocenters. The van der Waals surface area contributed by atoms with Gasteiger partial charge in [-0.05, 0) is 56.2 Å². The average Bonchev–Trinajstić information content (AvgIpc) is 3.25. The lowest BCUT2D eigenvalue weighted by atomic mass is 9.71. The van der Waals surface area contributed by atoms with Crippen LogP contribution in [0, 0.1) is 29.1 Å². The molecule has 2 bridgehead atoms. The van der Waals surface area contributed by atoms with Crippen LogP contribution in [0.25, 0.3) is 0 Å². The van der Waals surface area contributed by atoms with Gasteiger partial charge in [-0.15, -0.1) is 0 Å². The number of hydrogen-bond acceptors (Lipinski definition) is 5. The van der Waals surface area contributed by atoms with Gasteiger partial charge < -0.3 is 20.9 Å². The molecular formula is C27H34ClF2N5O3. The summed E-state index contributed by atoms with van der Waals surface area (Å²) in [5.74, 6) is -6.18. The van der Waals surface area contributed by atoms with E-state index >= 15 is 8.78 Å². The molecule has 5 rings (SSSR count). The molecule has 4 aliphatic rings. The van der Waals surface area contributed by atoms with Gasteiger partial charge in [0.2, 0.25) is 17.7 Å². The molecule has 3 heterocycles. The number of fused-ring (bicyclic) bond motifs is 3. The van der Waals surface area contributed by atoms with Gasteiger partial charge in [-0.3, -0.25) is 14.4 Å². The van der Waals surface area contributed by atoms with Crippen LogP contribution in [0.3, 0.4) is 0 Å². The van der Waals surface area contributed by atoms with Gasteiger partial charge in [-0.25, -0.2) is 8.78 Å². The largest absolute Gasteiger partial charge is 0.374 e.